The quantitative estimate of drug-likeness (QED) is 0.809. The normalized spacial score (nSPS) is 10.2. The van der Waals surface area contributed by atoms with E-state index in [4.69, 9.17) is 11.0 Å². The molecule has 0 saturated heterocycles. The minimum absolute atomic E-state index is 0.404. The summed E-state index contributed by atoms with van der Waals surface area (Å²) in [6.07, 6.45) is 2.48. The Labute approximate surface area is 118 Å². The summed E-state index contributed by atoms with van der Waals surface area (Å²) in [7, 11) is 0. The zero-order valence-corrected chi connectivity index (χ0v) is 11.7. The fraction of sp³-hybridized carbons (Fsp3) is 0.357. The summed E-state index contributed by atoms with van der Waals surface area (Å²) in [4.78, 5) is 4.14. The van der Waals surface area contributed by atoms with E-state index in [1.165, 1.54) is 0 Å². The number of nitrogens with zero attached hydrogens (tertiary/aromatic N) is 4. The van der Waals surface area contributed by atoms with Crippen molar-refractivity contribution in [3.63, 3.8) is 0 Å². The van der Waals surface area contributed by atoms with Crippen LogP contribution in [0.3, 0.4) is 0 Å². The van der Waals surface area contributed by atoms with Crippen molar-refractivity contribution in [1.82, 2.24) is 14.8 Å². The molecule has 0 fully saturated rings. The van der Waals surface area contributed by atoms with Gasteiger partial charge in [0, 0.05) is 25.0 Å². The van der Waals surface area contributed by atoms with Gasteiger partial charge in [-0.1, -0.05) is 0 Å². The molecule has 2 heterocycles. The molecule has 0 aliphatic carbocycles. The molecule has 0 bridgehead atoms. The molecule has 2 aromatic rings. The van der Waals surface area contributed by atoms with Crippen LogP contribution in [0.4, 0.5) is 11.5 Å². The van der Waals surface area contributed by atoms with Crippen molar-refractivity contribution in [3.05, 3.63) is 35.3 Å². The first-order valence-electron chi connectivity index (χ1n) is 6.51. The lowest BCUT2D eigenvalue weighted by atomic mass is 10.2. The molecule has 0 spiro atoms. The first-order chi connectivity index (χ1) is 9.61. The molecule has 0 aliphatic rings. The molecule has 0 atom stereocenters. The van der Waals surface area contributed by atoms with E-state index in [0.717, 1.165) is 30.9 Å². The highest BCUT2D eigenvalue weighted by molar-refractivity contribution is 5.68. The third kappa shape index (κ3) is 3.06. The molecular formula is C14H18N6. The van der Waals surface area contributed by atoms with Crippen molar-refractivity contribution in [2.24, 2.45) is 0 Å². The summed E-state index contributed by atoms with van der Waals surface area (Å²) in [5.74, 6) is 0.567. The summed E-state index contributed by atoms with van der Waals surface area (Å²) in [5.41, 5.74) is 8.89. The average Bonchev–Trinajstić information content (AvgIpc) is 2.74. The van der Waals surface area contributed by atoms with Crippen LogP contribution in [0, 0.1) is 25.2 Å². The van der Waals surface area contributed by atoms with E-state index in [0.29, 0.717) is 17.1 Å². The summed E-state index contributed by atoms with van der Waals surface area (Å²) in [6.45, 7) is 5.60. The molecule has 20 heavy (non-hydrogen) atoms. The van der Waals surface area contributed by atoms with Gasteiger partial charge < -0.3 is 11.1 Å². The predicted octanol–water partition coefficient (Wildman–Crippen LogP) is 1.85. The Kier molecular flexibility index (Phi) is 4.20. The second-order valence-corrected chi connectivity index (χ2v) is 4.66. The van der Waals surface area contributed by atoms with E-state index in [1.54, 1.807) is 12.3 Å². The number of nitrogens with two attached hydrogens (primary N) is 1. The zero-order chi connectivity index (χ0) is 14.5. The van der Waals surface area contributed by atoms with Crippen molar-refractivity contribution in [1.29, 1.82) is 5.26 Å². The van der Waals surface area contributed by atoms with Gasteiger partial charge in [-0.05, 0) is 32.4 Å². The first kappa shape index (κ1) is 13.9. The van der Waals surface area contributed by atoms with E-state index in [1.807, 2.05) is 24.6 Å². The van der Waals surface area contributed by atoms with E-state index in [9.17, 15) is 0 Å². The minimum atomic E-state index is 0.404. The Balaban J connectivity index is 1.88. The number of aromatic nitrogens is 3. The van der Waals surface area contributed by atoms with Crippen molar-refractivity contribution in [3.8, 4) is 6.07 Å². The number of pyridine rings is 1. The Bertz CT molecular complexity index is 638. The minimum Gasteiger partial charge on any atom is -0.395 e. The smallest absolute Gasteiger partial charge is 0.150 e. The third-order valence-corrected chi connectivity index (χ3v) is 3.05. The molecule has 0 saturated carbocycles. The molecule has 0 unspecified atom stereocenters. The van der Waals surface area contributed by atoms with Crippen LogP contribution in [-0.2, 0) is 6.54 Å². The van der Waals surface area contributed by atoms with Crippen molar-refractivity contribution in [2.75, 3.05) is 17.6 Å². The molecule has 0 aliphatic heterocycles. The Morgan fingerprint density at radius 1 is 1.45 bits per heavy atom. The number of nitrogen functional groups attached to an aromatic ring is 1. The largest absolute Gasteiger partial charge is 0.395 e. The fourth-order valence-corrected chi connectivity index (χ4v) is 2.05. The van der Waals surface area contributed by atoms with Crippen molar-refractivity contribution >= 4 is 11.5 Å². The third-order valence-electron chi connectivity index (χ3n) is 3.05. The summed E-state index contributed by atoms with van der Waals surface area (Å²) in [5, 5.41) is 16.5. The zero-order valence-electron chi connectivity index (χ0n) is 11.7. The van der Waals surface area contributed by atoms with Gasteiger partial charge in [0.25, 0.3) is 0 Å². The van der Waals surface area contributed by atoms with E-state index in [-0.39, 0.29) is 0 Å². The summed E-state index contributed by atoms with van der Waals surface area (Å²) < 4.78 is 1.99. The maximum absolute atomic E-state index is 8.90. The maximum Gasteiger partial charge on any atom is 0.150 e. The second-order valence-electron chi connectivity index (χ2n) is 4.66. The number of aryl methyl sites for hydroxylation is 3. The highest BCUT2D eigenvalue weighted by Crippen LogP contribution is 2.18. The summed E-state index contributed by atoms with van der Waals surface area (Å²) in [6, 6.07) is 5.71. The van der Waals surface area contributed by atoms with Crippen LogP contribution in [0.5, 0.6) is 0 Å². The topological polar surface area (TPSA) is 92.5 Å². The Morgan fingerprint density at radius 2 is 2.25 bits per heavy atom. The van der Waals surface area contributed by atoms with Crippen molar-refractivity contribution in [2.45, 2.75) is 26.8 Å². The molecule has 2 aromatic heterocycles. The number of nitriles is 1. The van der Waals surface area contributed by atoms with Crippen molar-refractivity contribution < 1.29 is 0 Å². The fourth-order valence-electron chi connectivity index (χ4n) is 2.05. The standard InChI is InChI=1S/C14H18N6/c1-10-8-11(2)20(19-10)7-3-5-17-14-13(16)12(9-15)4-6-18-14/h4,6,8H,3,5,7,16H2,1-2H3,(H,17,18). The lowest BCUT2D eigenvalue weighted by molar-refractivity contribution is 0.573. The van der Waals surface area contributed by atoms with E-state index >= 15 is 0 Å². The maximum atomic E-state index is 8.90. The van der Waals surface area contributed by atoms with Crippen LogP contribution >= 0.6 is 0 Å². The van der Waals surface area contributed by atoms with Gasteiger partial charge in [0.05, 0.1) is 16.9 Å². The predicted molar refractivity (Wildman–Crippen MR) is 78.2 cm³/mol. The van der Waals surface area contributed by atoms with Crippen LogP contribution in [0.1, 0.15) is 23.4 Å². The second kappa shape index (κ2) is 6.06. The molecule has 6 nitrogen and oxygen atoms in total. The molecule has 0 amide bonds. The molecule has 2 rings (SSSR count). The monoisotopic (exact) mass is 270 g/mol. The van der Waals surface area contributed by atoms with Crippen LogP contribution in [0.15, 0.2) is 18.3 Å². The summed E-state index contributed by atoms with van der Waals surface area (Å²) >= 11 is 0. The molecule has 104 valence electrons. The number of rotatable bonds is 5. The van der Waals surface area contributed by atoms with Gasteiger partial charge >= 0.3 is 0 Å². The van der Waals surface area contributed by atoms with E-state index < -0.39 is 0 Å². The van der Waals surface area contributed by atoms with Crippen LogP contribution in [0.25, 0.3) is 0 Å². The molecule has 6 heteroatoms. The first-order valence-corrected chi connectivity index (χ1v) is 6.51. The van der Waals surface area contributed by atoms with Gasteiger partial charge in [0.15, 0.2) is 5.82 Å². The van der Waals surface area contributed by atoms with Crippen LogP contribution in [-0.4, -0.2) is 21.3 Å². The number of anilines is 2. The lowest BCUT2D eigenvalue weighted by Crippen LogP contribution is -2.11. The number of hydrogen-bond donors (Lipinski definition) is 2. The molecule has 0 aromatic carbocycles. The van der Waals surface area contributed by atoms with Gasteiger partial charge in [-0.15, -0.1) is 0 Å². The highest BCUT2D eigenvalue weighted by atomic mass is 15.3. The number of hydrogen-bond acceptors (Lipinski definition) is 5. The molecule has 0 radical (unpaired) electrons. The van der Waals surface area contributed by atoms with Gasteiger partial charge in [-0.3, -0.25) is 4.68 Å². The van der Waals surface area contributed by atoms with Gasteiger partial charge in [-0.2, -0.15) is 10.4 Å². The van der Waals surface area contributed by atoms with Gasteiger partial charge in [0.1, 0.15) is 6.07 Å². The van der Waals surface area contributed by atoms with E-state index in [2.05, 4.69) is 21.5 Å². The van der Waals surface area contributed by atoms with Crippen LogP contribution in [0.2, 0.25) is 0 Å². The Morgan fingerprint density at radius 3 is 2.90 bits per heavy atom. The molecule has 3 N–H and O–H groups in total. The Hall–Kier alpha value is -2.55. The SMILES string of the molecule is Cc1cc(C)n(CCCNc2nccc(C#N)c2N)n1. The van der Waals surface area contributed by atoms with Crippen LogP contribution < -0.4 is 11.1 Å². The van der Waals surface area contributed by atoms with Gasteiger partial charge in [0.2, 0.25) is 0 Å². The van der Waals surface area contributed by atoms with Gasteiger partial charge in [-0.25, -0.2) is 4.98 Å². The highest BCUT2D eigenvalue weighted by Gasteiger charge is 2.05. The number of nitrogens with one attached hydrogen (secondary N) is 1. The lowest BCUT2D eigenvalue weighted by Gasteiger charge is -2.09. The molecular weight excluding hydrogens is 252 g/mol. The average molecular weight is 270 g/mol.